The van der Waals surface area contributed by atoms with Crippen molar-refractivity contribution < 1.29 is 19.1 Å². The molecule has 1 amide bonds. The number of benzene rings is 1. The number of carbonyl (C=O) groups excluding carboxylic acids is 2. The van der Waals surface area contributed by atoms with Crippen molar-refractivity contribution in [3.63, 3.8) is 0 Å². The van der Waals surface area contributed by atoms with Gasteiger partial charge in [-0.05, 0) is 29.7 Å². The summed E-state index contributed by atoms with van der Waals surface area (Å²) in [5, 5.41) is 12.6. The van der Waals surface area contributed by atoms with Crippen LogP contribution in [-0.4, -0.2) is 16.8 Å². The molecule has 5 nitrogen and oxygen atoms in total. The summed E-state index contributed by atoms with van der Waals surface area (Å²) in [6, 6.07) is 9.98. The first kappa shape index (κ1) is 14.1. The Bertz CT molecular complexity index is 741. The minimum Gasteiger partial charge on any atom is -0.503 e. The van der Waals surface area contributed by atoms with Crippen LogP contribution in [0.2, 0.25) is 0 Å². The maximum atomic E-state index is 12.5. The number of hydrogen-bond donors (Lipinski definition) is 2. The number of Topliss-reactive ketones (excluding diaryl/α,β-unsaturated/α-hetero) is 1. The molecule has 2 N–H and O–H groups in total. The molecule has 0 bridgehead atoms. The first-order valence-corrected chi connectivity index (χ1v) is 7.03. The smallest absolute Gasteiger partial charge is 0.287 e. The molecule has 0 radical (unpaired) electrons. The standard InChI is InChI=1S/C17H15NO4/c1-2-10-5-7-11(8-6-10)14-13(16(20)17(21)18-14)15(19)12-4-3-9-22-12/h3-9,14,20H,2H2,1H3,(H,18,21)/t14-/m1/s1. The third kappa shape index (κ3) is 2.30. The lowest BCUT2D eigenvalue weighted by molar-refractivity contribution is -0.119. The molecule has 1 aromatic heterocycles. The van der Waals surface area contributed by atoms with Gasteiger partial charge in [-0.15, -0.1) is 0 Å². The predicted molar refractivity (Wildman–Crippen MR) is 79.4 cm³/mol. The number of furan rings is 1. The average molecular weight is 297 g/mol. The summed E-state index contributed by atoms with van der Waals surface area (Å²) in [5.74, 6) is -1.61. The van der Waals surface area contributed by atoms with Crippen molar-refractivity contribution in [2.75, 3.05) is 0 Å². The topological polar surface area (TPSA) is 79.5 Å². The quantitative estimate of drug-likeness (QED) is 0.850. The Balaban J connectivity index is 2.00. The van der Waals surface area contributed by atoms with E-state index in [-0.39, 0.29) is 11.3 Å². The fourth-order valence-electron chi connectivity index (χ4n) is 2.51. The molecule has 3 rings (SSSR count). The van der Waals surface area contributed by atoms with Crippen LogP contribution in [-0.2, 0) is 11.2 Å². The van der Waals surface area contributed by atoms with Crippen LogP contribution < -0.4 is 5.32 Å². The normalized spacial score (nSPS) is 17.7. The molecule has 0 aliphatic carbocycles. The number of aliphatic hydroxyl groups is 1. The van der Waals surface area contributed by atoms with E-state index in [1.807, 2.05) is 31.2 Å². The zero-order valence-electron chi connectivity index (χ0n) is 12.0. The Morgan fingerprint density at radius 1 is 1.27 bits per heavy atom. The van der Waals surface area contributed by atoms with Gasteiger partial charge in [0.2, 0.25) is 5.78 Å². The maximum Gasteiger partial charge on any atom is 0.287 e. The molecular weight excluding hydrogens is 282 g/mol. The van der Waals surface area contributed by atoms with Crippen LogP contribution in [0, 0.1) is 0 Å². The van der Waals surface area contributed by atoms with Crippen LogP contribution in [0.1, 0.15) is 34.6 Å². The van der Waals surface area contributed by atoms with E-state index in [4.69, 9.17) is 4.42 Å². The van der Waals surface area contributed by atoms with Gasteiger partial charge in [0.25, 0.3) is 5.91 Å². The number of amides is 1. The minimum absolute atomic E-state index is 0.0178. The molecule has 2 heterocycles. The van der Waals surface area contributed by atoms with Crippen LogP contribution >= 0.6 is 0 Å². The first-order valence-electron chi connectivity index (χ1n) is 7.03. The minimum atomic E-state index is -0.670. The highest BCUT2D eigenvalue weighted by atomic mass is 16.3. The van der Waals surface area contributed by atoms with Crippen molar-refractivity contribution in [2.24, 2.45) is 0 Å². The Labute approximate surface area is 127 Å². The van der Waals surface area contributed by atoms with Gasteiger partial charge in [-0.25, -0.2) is 0 Å². The lowest BCUT2D eigenvalue weighted by Crippen LogP contribution is -2.23. The van der Waals surface area contributed by atoms with Crippen molar-refractivity contribution in [3.8, 4) is 0 Å². The third-order valence-electron chi connectivity index (χ3n) is 3.75. The molecule has 1 aliphatic heterocycles. The molecule has 22 heavy (non-hydrogen) atoms. The second-order valence-corrected chi connectivity index (χ2v) is 5.07. The monoisotopic (exact) mass is 297 g/mol. The number of carbonyl (C=O) groups is 2. The van der Waals surface area contributed by atoms with Crippen LogP contribution in [0.15, 0.2) is 58.4 Å². The molecule has 1 aromatic carbocycles. The van der Waals surface area contributed by atoms with Crippen molar-refractivity contribution >= 4 is 11.7 Å². The van der Waals surface area contributed by atoms with Gasteiger partial charge >= 0.3 is 0 Å². The molecule has 1 atom stereocenters. The Hall–Kier alpha value is -2.82. The highest BCUT2D eigenvalue weighted by molar-refractivity contribution is 6.14. The largest absolute Gasteiger partial charge is 0.503 e. The Morgan fingerprint density at radius 2 is 2.00 bits per heavy atom. The number of aliphatic hydroxyl groups excluding tert-OH is 1. The van der Waals surface area contributed by atoms with Gasteiger partial charge < -0.3 is 14.8 Å². The van der Waals surface area contributed by atoms with Crippen LogP contribution in [0.4, 0.5) is 0 Å². The van der Waals surface area contributed by atoms with Gasteiger partial charge in [0.1, 0.15) is 0 Å². The molecular formula is C17H15NO4. The summed E-state index contributed by atoms with van der Waals surface area (Å²) >= 11 is 0. The molecule has 1 aliphatic rings. The number of hydrogen-bond acceptors (Lipinski definition) is 4. The Kier molecular flexibility index (Phi) is 3.55. The lowest BCUT2D eigenvalue weighted by Gasteiger charge is -2.14. The summed E-state index contributed by atoms with van der Waals surface area (Å²) < 4.78 is 5.08. The maximum absolute atomic E-state index is 12.5. The molecule has 2 aromatic rings. The highest BCUT2D eigenvalue weighted by Gasteiger charge is 2.38. The number of nitrogens with one attached hydrogen (secondary N) is 1. The van der Waals surface area contributed by atoms with Crippen molar-refractivity contribution in [3.05, 3.63) is 70.9 Å². The van der Waals surface area contributed by atoms with E-state index >= 15 is 0 Å². The molecule has 0 fully saturated rings. The summed E-state index contributed by atoms with van der Waals surface area (Å²) in [6.07, 6.45) is 2.27. The highest BCUT2D eigenvalue weighted by Crippen LogP contribution is 2.32. The van der Waals surface area contributed by atoms with Crippen molar-refractivity contribution in [2.45, 2.75) is 19.4 Å². The number of aryl methyl sites for hydroxylation is 1. The summed E-state index contributed by atoms with van der Waals surface area (Å²) in [5.41, 5.74) is 1.91. The molecule has 5 heteroatoms. The van der Waals surface area contributed by atoms with E-state index in [0.29, 0.717) is 0 Å². The molecule has 0 saturated carbocycles. The van der Waals surface area contributed by atoms with Gasteiger partial charge in [0.15, 0.2) is 11.5 Å². The third-order valence-corrected chi connectivity index (χ3v) is 3.75. The lowest BCUT2D eigenvalue weighted by atomic mass is 9.95. The van der Waals surface area contributed by atoms with Gasteiger partial charge in [0, 0.05) is 0 Å². The van der Waals surface area contributed by atoms with Gasteiger partial charge in [0.05, 0.1) is 17.9 Å². The molecule has 112 valence electrons. The fourth-order valence-corrected chi connectivity index (χ4v) is 2.51. The van der Waals surface area contributed by atoms with E-state index in [1.165, 1.54) is 12.3 Å². The summed E-state index contributed by atoms with van der Waals surface area (Å²) in [4.78, 5) is 24.2. The second kappa shape index (κ2) is 5.52. The van der Waals surface area contributed by atoms with Gasteiger partial charge in [-0.1, -0.05) is 31.2 Å². The molecule has 0 spiro atoms. The van der Waals surface area contributed by atoms with Crippen molar-refractivity contribution in [1.82, 2.24) is 5.32 Å². The zero-order chi connectivity index (χ0) is 15.7. The van der Waals surface area contributed by atoms with Crippen LogP contribution in [0.5, 0.6) is 0 Å². The Morgan fingerprint density at radius 3 is 2.59 bits per heavy atom. The first-order chi connectivity index (χ1) is 10.6. The summed E-state index contributed by atoms with van der Waals surface area (Å²) in [7, 11) is 0. The fraction of sp³-hybridized carbons (Fsp3) is 0.176. The molecule has 0 unspecified atom stereocenters. The van der Waals surface area contributed by atoms with Crippen LogP contribution in [0.25, 0.3) is 0 Å². The zero-order valence-corrected chi connectivity index (χ0v) is 12.0. The van der Waals surface area contributed by atoms with E-state index in [0.717, 1.165) is 17.5 Å². The second-order valence-electron chi connectivity index (χ2n) is 5.07. The van der Waals surface area contributed by atoms with E-state index in [9.17, 15) is 14.7 Å². The predicted octanol–water partition coefficient (Wildman–Crippen LogP) is 2.71. The van der Waals surface area contributed by atoms with E-state index < -0.39 is 23.5 Å². The van der Waals surface area contributed by atoms with Gasteiger partial charge in [-0.3, -0.25) is 9.59 Å². The van der Waals surface area contributed by atoms with Crippen LogP contribution in [0.3, 0.4) is 0 Å². The van der Waals surface area contributed by atoms with Gasteiger partial charge in [-0.2, -0.15) is 0 Å². The molecule has 0 saturated heterocycles. The number of rotatable bonds is 4. The SMILES string of the molecule is CCc1ccc([C@H]2NC(=O)C(O)=C2C(=O)c2ccco2)cc1. The van der Waals surface area contributed by atoms with Crippen molar-refractivity contribution in [1.29, 1.82) is 0 Å². The average Bonchev–Trinajstić information content (AvgIpc) is 3.16. The van der Waals surface area contributed by atoms with E-state index in [2.05, 4.69) is 5.32 Å². The number of ketones is 1. The summed E-state index contributed by atoms with van der Waals surface area (Å²) in [6.45, 7) is 2.05. The van der Waals surface area contributed by atoms with E-state index in [1.54, 1.807) is 6.07 Å².